The number of rotatable bonds is 7. The van der Waals surface area contributed by atoms with Crippen molar-refractivity contribution in [2.24, 2.45) is 0 Å². The van der Waals surface area contributed by atoms with Gasteiger partial charge in [-0.2, -0.15) is 0 Å². The van der Waals surface area contributed by atoms with Gasteiger partial charge in [0, 0.05) is 22.3 Å². The third-order valence-corrected chi connectivity index (χ3v) is 3.51. The summed E-state index contributed by atoms with van der Waals surface area (Å²) in [6.07, 6.45) is 0. The standard InChI is InChI=1S/C17H16ClN3O5/c1-2-26-15-8-3-11(9-14(15)21(24)25)17(23)19-10-16(22)20-13-6-4-12(18)5-7-13/h3-9H,2,10H2,1H3,(H,19,23)(H,20,22). The number of hydrogen-bond donors (Lipinski definition) is 2. The fraction of sp³-hybridized carbons (Fsp3) is 0.176. The van der Waals surface area contributed by atoms with Crippen molar-refractivity contribution in [2.75, 3.05) is 18.5 Å². The average Bonchev–Trinajstić information content (AvgIpc) is 2.62. The molecule has 0 radical (unpaired) electrons. The molecule has 0 heterocycles. The van der Waals surface area contributed by atoms with Crippen LogP contribution in [0.25, 0.3) is 0 Å². The minimum absolute atomic E-state index is 0.0550. The summed E-state index contributed by atoms with van der Waals surface area (Å²) in [5.74, 6) is -0.974. The third kappa shape index (κ3) is 5.18. The summed E-state index contributed by atoms with van der Waals surface area (Å²) < 4.78 is 5.16. The van der Waals surface area contributed by atoms with Crippen molar-refractivity contribution in [3.05, 3.63) is 63.2 Å². The normalized spacial score (nSPS) is 10.1. The predicted molar refractivity (Wildman–Crippen MR) is 96.7 cm³/mol. The van der Waals surface area contributed by atoms with Crippen LogP contribution in [0.3, 0.4) is 0 Å². The molecule has 2 aromatic carbocycles. The summed E-state index contributed by atoms with van der Waals surface area (Å²) in [5.41, 5.74) is 0.273. The van der Waals surface area contributed by atoms with Crippen LogP contribution >= 0.6 is 11.6 Å². The van der Waals surface area contributed by atoms with E-state index in [1.807, 2.05) is 0 Å². The summed E-state index contributed by atoms with van der Waals surface area (Å²) in [5, 5.41) is 16.6. The zero-order chi connectivity index (χ0) is 19.1. The van der Waals surface area contributed by atoms with Crippen LogP contribution < -0.4 is 15.4 Å². The molecule has 9 heteroatoms. The number of nitrogens with one attached hydrogen (secondary N) is 2. The van der Waals surface area contributed by atoms with E-state index in [9.17, 15) is 19.7 Å². The van der Waals surface area contributed by atoms with Gasteiger partial charge in [-0.25, -0.2) is 0 Å². The van der Waals surface area contributed by atoms with Crippen molar-refractivity contribution in [1.29, 1.82) is 0 Å². The summed E-state index contributed by atoms with van der Waals surface area (Å²) in [7, 11) is 0. The fourth-order valence-corrected chi connectivity index (χ4v) is 2.21. The Morgan fingerprint density at radius 1 is 1.19 bits per heavy atom. The lowest BCUT2D eigenvalue weighted by atomic mass is 10.1. The Morgan fingerprint density at radius 2 is 1.88 bits per heavy atom. The average molecular weight is 378 g/mol. The minimum atomic E-state index is -0.630. The molecular formula is C17H16ClN3O5. The molecule has 0 atom stereocenters. The monoisotopic (exact) mass is 377 g/mol. The van der Waals surface area contributed by atoms with Crippen LogP contribution in [0.15, 0.2) is 42.5 Å². The lowest BCUT2D eigenvalue weighted by molar-refractivity contribution is -0.385. The van der Waals surface area contributed by atoms with Gasteiger partial charge in [0.1, 0.15) is 0 Å². The molecule has 0 saturated heterocycles. The second kappa shape index (κ2) is 8.82. The maximum absolute atomic E-state index is 12.1. The minimum Gasteiger partial charge on any atom is -0.487 e. The van der Waals surface area contributed by atoms with Gasteiger partial charge in [-0.15, -0.1) is 0 Å². The molecule has 2 N–H and O–H groups in total. The Balaban J connectivity index is 1.98. The topological polar surface area (TPSA) is 111 Å². The number of nitro groups is 1. The van der Waals surface area contributed by atoms with Gasteiger partial charge in [0.05, 0.1) is 18.1 Å². The van der Waals surface area contributed by atoms with Crippen LogP contribution in [0.1, 0.15) is 17.3 Å². The van der Waals surface area contributed by atoms with Crippen LogP contribution in [0, 0.1) is 10.1 Å². The number of carbonyl (C=O) groups is 2. The first-order valence-corrected chi connectivity index (χ1v) is 8.03. The molecule has 0 unspecified atom stereocenters. The predicted octanol–water partition coefficient (Wildman–Crippen LogP) is 3.02. The number of halogens is 1. The lowest BCUT2D eigenvalue weighted by Gasteiger charge is -2.08. The number of carbonyl (C=O) groups excluding carboxylic acids is 2. The molecule has 8 nitrogen and oxygen atoms in total. The van der Waals surface area contributed by atoms with Gasteiger partial charge in [-0.1, -0.05) is 11.6 Å². The maximum atomic E-state index is 12.1. The van der Waals surface area contributed by atoms with Crippen molar-refractivity contribution in [2.45, 2.75) is 6.92 Å². The van der Waals surface area contributed by atoms with Gasteiger partial charge < -0.3 is 15.4 Å². The van der Waals surface area contributed by atoms with Crippen molar-refractivity contribution < 1.29 is 19.2 Å². The molecule has 0 bridgehead atoms. The number of ether oxygens (including phenoxy) is 1. The molecule has 0 aliphatic carbocycles. The van der Waals surface area contributed by atoms with Gasteiger partial charge in [0.15, 0.2) is 5.75 Å². The molecule has 2 rings (SSSR count). The van der Waals surface area contributed by atoms with Crippen LogP contribution in [0.2, 0.25) is 5.02 Å². The first kappa shape index (κ1) is 19.2. The number of nitrogens with zero attached hydrogens (tertiary/aromatic N) is 1. The largest absolute Gasteiger partial charge is 0.487 e. The molecule has 0 aromatic heterocycles. The van der Waals surface area contributed by atoms with E-state index in [1.165, 1.54) is 12.1 Å². The Kier molecular flexibility index (Phi) is 6.51. The van der Waals surface area contributed by atoms with Crippen molar-refractivity contribution in [1.82, 2.24) is 5.32 Å². The summed E-state index contributed by atoms with van der Waals surface area (Å²) in [4.78, 5) is 34.4. The van der Waals surface area contributed by atoms with E-state index in [-0.39, 0.29) is 30.2 Å². The van der Waals surface area contributed by atoms with E-state index < -0.39 is 16.7 Å². The number of hydrogen-bond acceptors (Lipinski definition) is 5. The summed E-state index contributed by atoms with van der Waals surface area (Å²) in [6, 6.07) is 10.3. The number of amides is 2. The van der Waals surface area contributed by atoms with Gasteiger partial charge >= 0.3 is 5.69 Å². The number of benzene rings is 2. The molecule has 0 aliphatic heterocycles. The van der Waals surface area contributed by atoms with E-state index in [0.717, 1.165) is 6.07 Å². The zero-order valence-electron chi connectivity index (χ0n) is 13.8. The smallest absolute Gasteiger partial charge is 0.311 e. The third-order valence-electron chi connectivity index (χ3n) is 3.26. The van der Waals surface area contributed by atoms with E-state index in [1.54, 1.807) is 31.2 Å². The molecule has 2 aromatic rings. The summed E-state index contributed by atoms with van der Waals surface area (Å²) in [6.45, 7) is 1.67. The van der Waals surface area contributed by atoms with Gasteiger partial charge in [-0.05, 0) is 43.3 Å². The molecular weight excluding hydrogens is 362 g/mol. The highest BCUT2D eigenvalue weighted by molar-refractivity contribution is 6.30. The Morgan fingerprint density at radius 3 is 2.50 bits per heavy atom. The summed E-state index contributed by atoms with van der Waals surface area (Å²) >= 11 is 5.76. The van der Waals surface area contributed by atoms with Gasteiger partial charge in [-0.3, -0.25) is 19.7 Å². The zero-order valence-corrected chi connectivity index (χ0v) is 14.6. The molecule has 0 fully saturated rings. The highest BCUT2D eigenvalue weighted by Crippen LogP contribution is 2.27. The lowest BCUT2D eigenvalue weighted by Crippen LogP contribution is -2.32. The maximum Gasteiger partial charge on any atom is 0.311 e. The van der Waals surface area contributed by atoms with Gasteiger partial charge in [0.25, 0.3) is 5.91 Å². The highest BCUT2D eigenvalue weighted by Gasteiger charge is 2.19. The van der Waals surface area contributed by atoms with Crippen LogP contribution in [-0.2, 0) is 4.79 Å². The Bertz CT molecular complexity index is 824. The molecule has 0 aliphatic rings. The fourth-order valence-electron chi connectivity index (χ4n) is 2.08. The van der Waals surface area contributed by atoms with E-state index in [0.29, 0.717) is 10.7 Å². The van der Waals surface area contributed by atoms with Crippen molar-refractivity contribution in [3.8, 4) is 5.75 Å². The van der Waals surface area contributed by atoms with E-state index >= 15 is 0 Å². The first-order valence-electron chi connectivity index (χ1n) is 7.65. The quantitative estimate of drug-likeness (QED) is 0.569. The second-order valence-electron chi connectivity index (χ2n) is 5.11. The molecule has 0 saturated carbocycles. The van der Waals surface area contributed by atoms with Crippen LogP contribution in [0.4, 0.5) is 11.4 Å². The molecule has 2 amide bonds. The molecule has 0 spiro atoms. The highest BCUT2D eigenvalue weighted by atomic mass is 35.5. The number of anilines is 1. The molecule has 26 heavy (non-hydrogen) atoms. The Hall–Kier alpha value is -3.13. The molecule has 136 valence electrons. The van der Waals surface area contributed by atoms with E-state index in [2.05, 4.69) is 10.6 Å². The second-order valence-corrected chi connectivity index (χ2v) is 5.55. The number of nitro benzene ring substituents is 1. The van der Waals surface area contributed by atoms with Crippen molar-refractivity contribution in [3.63, 3.8) is 0 Å². The van der Waals surface area contributed by atoms with Crippen LogP contribution in [0.5, 0.6) is 5.75 Å². The SMILES string of the molecule is CCOc1ccc(C(=O)NCC(=O)Nc2ccc(Cl)cc2)cc1[N+](=O)[O-]. The van der Waals surface area contributed by atoms with Crippen molar-refractivity contribution >= 4 is 34.8 Å². The van der Waals surface area contributed by atoms with Gasteiger partial charge in [0.2, 0.25) is 5.91 Å². The first-order chi connectivity index (χ1) is 12.4. The Labute approximate surface area is 154 Å². The van der Waals surface area contributed by atoms with E-state index in [4.69, 9.17) is 16.3 Å². The van der Waals surface area contributed by atoms with Crippen LogP contribution in [-0.4, -0.2) is 29.9 Å².